The smallest absolute Gasteiger partial charge is 0.324 e. The Hall–Kier alpha value is -3.13. The lowest BCUT2D eigenvalue weighted by molar-refractivity contribution is -0.137. The molecule has 0 aliphatic carbocycles. The molecular weight excluding hydrogens is 381 g/mol. The van der Waals surface area contributed by atoms with Crippen molar-refractivity contribution < 1.29 is 18.0 Å². The van der Waals surface area contributed by atoms with Gasteiger partial charge in [-0.3, -0.25) is 4.79 Å². The fourth-order valence-electron chi connectivity index (χ4n) is 2.18. The summed E-state index contributed by atoms with van der Waals surface area (Å²) in [6.45, 7) is 0. The van der Waals surface area contributed by atoms with Crippen LogP contribution in [-0.2, 0) is 6.18 Å². The highest BCUT2D eigenvalue weighted by molar-refractivity contribution is 6.30. The van der Waals surface area contributed by atoms with Crippen LogP contribution in [0.2, 0.25) is 5.02 Å². The van der Waals surface area contributed by atoms with Gasteiger partial charge in [-0.2, -0.15) is 13.2 Å². The van der Waals surface area contributed by atoms with E-state index in [1.165, 1.54) is 24.5 Å². The maximum atomic E-state index is 12.7. The van der Waals surface area contributed by atoms with Crippen LogP contribution in [0.1, 0.15) is 15.9 Å². The van der Waals surface area contributed by atoms with Gasteiger partial charge in [0, 0.05) is 28.8 Å². The van der Waals surface area contributed by atoms with E-state index in [0.29, 0.717) is 10.7 Å². The normalized spacial score (nSPS) is 11.1. The van der Waals surface area contributed by atoms with Crippen molar-refractivity contribution in [3.63, 3.8) is 0 Å². The largest absolute Gasteiger partial charge is 0.416 e. The molecule has 138 valence electrons. The highest BCUT2D eigenvalue weighted by atomic mass is 35.5. The zero-order valence-electron chi connectivity index (χ0n) is 13.6. The minimum absolute atomic E-state index is 0.0240. The molecule has 0 atom stereocenters. The van der Waals surface area contributed by atoms with Crippen molar-refractivity contribution in [3.05, 3.63) is 77.1 Å². The van der Waals surface area contributed by atoms with E-state index in [0.717, 1.165) is 12.1 Å². The monoisotopic (exact) mass is 392 g/mol. The number of nitrogens with one attached hydrogen (secondary N) is 2. The molecule has 1 amide bonds. The molecule has 1 heterocycles. The van der Waals surface area contributed by atoms with Crippen molar-refractivity contribution in [3.8, 4) is 0 Å². The third kappa shape index (κ3) is 4.95. The van der Waals surface area contributed by atoms with Crippen LogP contribution in [0.5, 0.6) is 0 Å². The van der Waals surface area contributed by atoms with Gasteiger partial charge >= 0.3 is 6.18 Å². The number of amides is 1. The molecular formula is C18H12ClF3N4O. The van der Waals surface area contributed by atoms with Crippen LogP contribution in [0.4, 0.5) is 30.5 Å². The number of anilines is 3. The van der Waals surface area contributed by atoms with Gasteiger partial charge in [0.05, 0.1) is 11.1 Å². The molecule has 0 bridgehead atoms. The molecule has 9 heteroatoms. The summed E-state index contributed by atoms with van der Waals surface area (Å²) in [6.07, 6.45) is -1.96. The van der Waals surface area contributed by atoms with E-state index in [1.54, 1.807) is 24.3 Å². The van der Waals surface area contributed by atoms with Crippen LogP contribution in [0.3, 0.4) is 0 Å². The summed E-state index contributed by atoms with van der Waals surface area (Å²) in [7, 11) is 0. The summed E-state index contributed by atoms with van der Waals surface area (Å²) in [4.78, 5) is 20.2. The molecule has 0 saturated heterocycles. The molecule has 5 nitrogen and oxygen atoms in total. The third-order valence-corrected chi connectivity index (χ3v) is 3.68. The number of benzene rings is 2. The minimum Gasteiger partial charge on any atom is -0.324 e. The zero-order valence-corrected chi connectivity index (χ0v) is 14.3. The van der Waals surface area contributed by atoms with E-state index in [9.17, 15) is 18.0 Å². The van der Waals surface area contributed by atoms with Crippen LogP contribution in [0.15, 0.2) is 60.9 Å². The Kier molecular flexibility index (Phi) is 5.27. The van der Waals surface area contributed by atoms with Crippen LogP contribution in [0, 0.1) is 0 Å². The van der Waals surface area contributed by atoms with Crippen LogP contribution < -0.4 is 10.6 Å². The predicted molar refractivity (Wildman–Crippen MR) is 96.2 cm³/mol. The van der Waals surface area contributed by atoms with E-state index in [4.69, 9.17) is 11.6 Å². The summed E-state index contributed by atoms with van der Waals surface area (Å²) < 4.78 is 38.2. The number of carbonyl (C=O) groups is 1. The van der Waals surface area contributed by atoms with E-state index in [-0.39, 0.29) is 17.2 Å². The number of hydrogen-bond donors (Lipinski definition) is 2. The number of nitrogens with zero attached hydrogens (tertiary/aromatic N) is 2. The molecule has 27 heavy (non-hydrogen) atoms. The summed E-state index contributed by atoms with van der Waals surface area (Å²) in [5.41, 5.74) is -0.0544. The molecule has 0 fully saturated rings. The minimum atomic E-state index is -4.49. The number of rotatable bonds is 4. The quantitative estimate of drug-likeness (QED) is 0.644. The molecule has 3 rings (SSSR count). The average Bonchev–Trinajstić information content (AvgIpc) is 2.62. The molecule has 2 aromatic carbocycles. The molecule has 0 aliphatic rings. The molecule has 0 spiro atoms. The Morgan fingerprint density at radius 2 is 1.63 bits per heavy atom. The third-order valence-electron chi connectivity index (χ3n) is 3.44. The van der Waals surface area contributed by atoms with Gasteiger partial charge in [0.15, 0.2) is 0 Å². The lowest BCUT2D eigenvalue weighted by Gasteiger charge is -2.10. The molecule has 3 aromatic rings. The van der Waals surface area contributed by atoms with Crippen molar-refractivity contribution >= 4 is 34.8 Å². The second-order valence-corrected chi connectivity index (χ2v) is 5.90. The number of aromatic nitrogens is 2. The van der Waals surface area contributed by atoms with Gasteiger partial charge < -0.3 is 10.6 Å². The van der Waals surface area contributed by atoms with Gasteiger partial charge in [0.2, 0.25) is 5.95 Å². The van der Waals surface area contributed by atoms with Crippen molar-refractivity contribution in [2.75, 3.05) is 10.6 Å². The maximum absolute atomic E-state index is 12.7. The molecule has 0 saturated carbocycles. The topological polar surface area (TPSA) is 66.9 Å². The van der Waals surface area contributed by atoms with E-state index in [1.807, 2.05) is 0 Å². The lowest BCUT2D eigenvalue weighted by Crippen LogP contribution is -2.14. The van der Waals surface area contributed by atoms with Crippen LogP contribution in [0.25, 0.3) is 0 Å². The van der Waals surface area contributed by atoms with Gasteiger partial charge in [0.25, 0.3) is 5.91 Å². The highest BCUT2D eigenvalue weighted by Gasteiger charge is 2.30. The first kappa shape index (κ1) is 18.7. The summed E-state index contributed by atoms with van der Waals surface area (Å²) in [5, 5.41) is 5.85. The van der Waals surface area contributed by atoms with Gasteiger partial charge in [-0.25, -0.2) is 9.97 Å². The number of alkyl halides is 3. The second-order valence-electron chi connectivity index (χ2n) is 5.46. The van der Waals surface area contributed by atoms with Gasteiger partial charge in [-0.1, -0.05) is 23.7 Å². The van der Waals surface area contributed by atoms with Gasteiger partial charge in [-0.15, -0.1) is 0 Å². The van der Waals surface area contributed by atoms with Crippen molar-refractivity contribution in [1.29, 1.82) is 0 Å². The Morgan fingerprint density at radius 1 is 0.963 bits per heavy atom. The Labute approximate surface area is 157 Å². The number of hydrogen-bond acceptors (Lipinski definition) is 4. The Bertz CT molecular complexity index is 961. The van der Waals surface area contributed by atoms with Crippen LogP contribution in [-0.4, -0.2) is 15.9 Å². The van der Waals surface area contributed by atoms with Crippen LogP contribution >= 0.6 is 11.6 Å². The van der Waals surface area contributed by atoms with Crippen molar-refractivity contribution in [1.82, 2.24) is 9.97 Å². The Morgan fingerprint density at radius 3 is 2.30 bits per heavy atom. The first-order chi connectivity index (χ1) is 12.8. The molecule has 0 radical (unpaired) electrons. The number of halogens is 4. The lowest BCUT2D eigenvalue weighted by atomic mass is 10.2. The van der Waals surface area contributed by atoms with E-state index in [2.05, 4.69) is 20.6 Å². The standard InChI is InChI=1S/C18H12ClF3N4O/c19-13-4-2-6-15(8-13)26-17-23-9-11(10-24-17)16(27)25-14-5-1-3-12(7-14)18(20,21)22/h1-10H,(H,25,27)(H,23,24,26). The molecule has 0 aliphatic heterocycles. The molecule has 1 aromatic heterocycles. The predicted octanol–water partition coefficient (Wildman–Crippen LogP) is 5.14. The highest BCUT2D eigenvalue weighted by Crippen LogP contribution is 2.30. The SMILES string of the molecule is O=C(Nc1cccc(C(F)(F)F)c1)c1cnc(Nc2cccc(Cl)c2)nc1. The van der Waals surface area contributed by atoms with E-state index >= 15 is 0 Å². The number of carbonyl (C=O) groups excluding carboxylic acids is 1. The summed E-state index contributed by atoms with van der Waals surface area (Å²) in [5.74, 6) is -0.378. The fraction of sp³-hybridized carbons (Fsp3) is 0.0556. The summed E-state index contributed by atoms with van der Waals surface area (Å²) in [6, 6.07) is 11.3. The second kappa shape index (κ2) is 7.63. The van der Waals surface area contributed by atoms with Crippen molar-refractivity contribution in [2.45, 2.75) is 6.18 Å². The van der Waals surface area contributed by atoms with E-state index < -0.39 is 17.6 Å². The van der Waals surface area contributed by atoms with Gasteiger partial charge in [0.1, 0.15) is 0 Å². The fourth-order valence-corrected chi connectivity index (χ4v) is 2.37. The average molecular weight is 393 g/mol. The van der Waals surface area contributed by atoms with Crippen molar-refractivity contribution in [2.24, 2.45) is 0 Å². The van der Waals surface area contributed by atoms with Gasteiger partial charge in [-0.05, 0) is 36.4 Å². The zero-order chi connectivity index (χ0) is 19.4. The first-order valence-corrected chi connectivity index (χ1v) is 8.02. The Balaban J connectivity index is 1.69. The molecule has 0 unspecified atom stereocenters. The maximum Gasteiger partial charge on any atom is 0.416 e. The molecule has 2 N–H and O–H groups in total. The first-order valence-electron chi connectivity index (χ1n) is 7.64. The summed E-state index contributed by atoms with van der Waals surface area (Å²) >= 11 is 5.89.